The average Bonchev–Trinajstić information content (AvgIpc) is 2.74. The van der Waals surface area contributed by atoms with Crippen LogP contribution in [-0.4, -0.2) is 44.4 Å². The number of hydrogen-bond acceptors (Lipinski definition) is 4. The third-order valence-electron chi connectivity index (χ3n) is 3.46. The fourth-order valence-electron chi connectivity index (χ4n) is 2.09. The van der Waals surface area contributed by atoms with Crippen molar-refractivity contribution in [2.24, 2.45) is 0 Å². The molecule has 0 atom stereocenters. The van der Waals surface area contributed by atoms with Crippen LogP contribution in [0, 0.1) is 0 Å². The molecule has 1 aromatic rings. The summed E-state index contributed by atoms with van der Waals surface area (Å²) in [7, 11) is 0. The van der Waals surface area contributed by atoms with Crippen LogP contribution in [0.5, 0.6) is 0 Å². The van der Waals surface area contributed by atoms with Gasteiger partial charge in [-0.05, 0) is 19.1 Å². The summed E-state index contributed by atoms with van der Waals surface area (Å²) in [5, 5.41) is 18.0. The van der Waals surface area contributed by atoms with Gasteiger partial charge in [0, 0.05) is 17.5 Å². The maximum atomic E-state index is 11.8. The van der Waals surface area contributed by atoms with Crippen molar-refractivity contribution < 1.29 is 14.7 Å². The molecule has 1 aromatic heterocycles. The van der Waals surface area contributed by atoms with E-state index in [-0.39, 0.29) is 17.3 Å². The SMILES string of the molecule is CSC1(CNC(=O)Nc2cnn(CC(=O)O)c2)CCC1. The maximum absolute atomic E-state index is 11.8. The lowest BCUT2D eigenvalue weighted by Gasteiger charge is -2.40. The van der Waals surface area contributed by atoms with E-state index in [2.05, 4.69) is 22.0 Å². The van der Waals surface area contributed by atoms with E-state index < -0.39 is 5.97 Å². The zero-order valence-electron chi connectivity index (χ0n) is 11.3. The summed E-state index contributed by atoms with van der Waals surface area (Å²) < 4.78 is 1.44. The normalized spacial score (nSPS) is 16.2. The molecule has 0 radical (unpaired) electrons. The number of carboxylic acids is 1. The molecular weight excluding hydrogens is 280 g/mol. The lowest BCUT2D eigenvalue weighted by atomic mass is 9.84. The summed E-state index contributed by atoms with van der Waals surface area (Å²) in [6.07, 6.45) is 8.45. The van der Waals surface area contributed by atoms with Gasteiger partial charge in [-0.25, -0.2) is 4.79 Å². The lowest BCUT2D eigenvalue weighted by Crippen LogP contribution is -2.46. The molecule has 1 aliphatic carbocycles. The minimum absolute atomic E-state index is 0.185. The number of rotatable bonds is 6. The fraction of sp³-hybridized carbons (Fsp3) is 0.583. The molecule has 0 unspecified atom stereocenters. The van der Waals surface area contributed by atoms with Crippen molar-refractivity contribution >= 4 is 29.4 Å². The number of thioether (sulfide) groups is 1. The Morgan fingerprint density at radius 3 is 2.85 bits per heavy atom. The number of carboxylic acid groups (broad SMARTS) is 1. The van der Waals surface area contributed by atoms with Gasteiger partial charge >= 0.3 is 12.0 Å². The molecule has 7 nitrogen and oxygen atoms in total. The molecule has 1 aliphatic rings. The number of nitrogens with one attached hydrogen (secondary N) is 2. The van der Waals surface area contributed by atoms with E-state index in [1.54, 1.807) is 11.8 Å². The Kier molecular flexibility index (Phi) is 4.53. The van der Waals surface area contributed by atoms with Crippen LogP contribution in [0.1, 0.15) is 19.3 Å². The molecule has 110 valence electrons. The van der Waals surface area contributed by atoms with Crippen LogP contribution in [0.3, 0.4) is 0 Å². The number of carbonyl (C=O) groups excluding carboxylic acids is 1. The summed E-state index contributed by atoms with van der Waals surface area (Å²) in [6, 6.07) is -0.291. The Labute approximate surface area is 121 Å². The second-order valence-corrected chi connectivity index (χ2v) is 6.14. The van der Waals surface area contributed by atoms with Gasteiger partial charge in [-0.15, -0.1) is 0 Å². The molecule has 0 spiro atoms. The van der Waals surface area contributed by atoms with Crippen LogP contribution < -0.4 is 10.6 Å². The standard InChI is InChI=1S/C12H18N4O3S/c1-20-12(3-2-4-12)8-13-11(19)15-9-5-14-16(6-9)7-10(17)18/h5-6H,2-4,7-8H2,1H3,(H,17,18)(H2,13,15,19). The summed E-state index contributed by atoms with van der Waals surface area (Å²) in [5.74, 6) is -0.976. The number of nitrogens with zero attached hydrogens (tertiary/aromatic N) is 2. The van der Waals surface area contributed by atoms with E-state index in [1.807, 2.05) is 0 Å². The van der Waals surface area contributed by atoms with Gasteiger partial charge in [0.1, 0.15) is 6.54 Å². The third kappa shape index (κ3) is 3.66. The molecule has 8 heteroatoms. The van der Waals surface area contributed by atoms with Gasteiger partial charge in [-0.1, -0.05) is 6.42 Å². The van der Waals surface area contributed by atoms with E-state index in [0.29, 0.717) is 12.2 Å². The quantitative estimate of drug-likeness (QED) is 0.737. The number of carbonyl (C=O) groups is 2. The van der Waals surface area contributed by atoms with Crippen LogP contribution in [0.2, 0.25) is 0 Å². The van der Waals surface area contributed by atoms with Crippen LogP contribution in [0.25, 0.3) is 0 Å². The minimum atomic E-state index is -0.976. The summed E-state index contributed by atoms with van der Waals surface area (Å²) in [4.78, 5) is 22.3. The largest absolute Gasteiger partial charge is 0.480 e. The Balaban J connectivity index is 1.79. The molecule has 0 bridgehead atoms. The van der Waals surface area contributed by atoms with Crippen molar-refractivity contribution in [3.05, 3.63) is 12.4 Å². The zero-order valence-corrected chi connectivity index (χ0v) is 12.1. The van der Waals surface area contributed by atoms with E-state index in [1.165, 1.54) is 23.5 Å². The first-order valence-corrected chi connectivity index (χ1v) is 7.60. The zero-order chi connectivity index (χ0) is 14.6. The summed E-state index contributed by atoms with van der Waals surface area (Å²) in [6.45, 7) is 0.419. The highest BCUT2D eigenvalue weighted by atomic mass is 32.2. The van der Waals surface area contributed by atoms with Gasteiger partial charge in [0.25, 0.3) is 0 Å². The van der Waals surface area contributed by atoms with Gasteiger partial charge < -0.3 is 15.7 Å². The highest BCUT2D eigenvalue weighted by molar-refractivity contribution is 8.00. The van der Waals surface area contributed by atoms with E-state index in [0.717, 1.165) is 12.8 Å². The van der Waals surface area contributed by atoms with Gasteiger partial charge in [0.05, 0.1) is 11.9 Å². The second-order valence-electron chi connectivity index (χ2n) is 4.87. The van der Waals surface area contributed by atoms with Crippen molar-refractivity contribution in [2.45, 2.75) is 30.6 Å². The number of aliphatic carboxylic acids is 1. The molecule has 1 heterocycles. The predicted octanol–water partition coefficient (Wildman–Crippen LogP) is 1.37. The Bertz CT molecular complexity index is 493. The van der Waals surface area contributed by atoms with Gasteiger partial charge in [0.15, 0.2) is 0 Å². The molecule has 1 fully saturated rings. The molecule has 2 amide bonds. The first kappa shape index (κ1) is 14.7. The first-order chi connectivity index (χ1) is 9.53. The monoisotopic (exact) mass is 298 g/mol. The van der Waals surface area contributed by atoms with Gasteiger partial charge in [0.2, 0.25) is 0 Å². The van der Waals surface area contributed by atoms with Gasteiger partial charge in [-0.3, -0.25) is 9.48 Å². The van der Waals surface area contributed by atoms with Crippen LogP contribution >= 0.6 is 11.8 Å². The van der Waals surface area contributed by atoms with E-state index in [4.69, 9.17) is 5.11 Å². The molecular formula is C12H18N4O3S. The Hall–Kier alpha value is -1.70. The number of urea groups is 1. The molecule has 20 heavy (non-hydrogen) atoms. The molecule has 1 saturated carbocycles. The Morgan fingerprint density at radius 1 is 1.55 bits per heavy atom. The smallest absolute Gasteiger partial charge is 0.325 e. The van der Waals surface area contributed by atoms with Crippen molar-refractivity contribution in [3.63, 3.8) is 0 Å². The fourth-order valence-corrected chi connectivity index (χ4v) is 3.01. The molecule has 0 saturated heterocycles. The summed E-state index contributed by atoms with van der Waals surface area (Å²) >= 11 is 1.79. The van der Waals surface area contributed by atoms with Crippen molar-refractivity contribution in [1.29, 1.82) is 0 Å². The van der Waals surface area contributed by atoms with E-state index >= 15 is 0 Å². The van der Waals surface area contributed by atoms with E-state index in [9.17, 15) is 9.59 Å². The highest BCUT2D eigenvalue weighted by Crippen LogP contribution is 2.42. The predicted molar refractivity (Wildman–Crippen MR) is 77.0 cm³/mol. The second kappa shape index (κ2) is 6.17. The topological polar surface area (TPSA) is 96.3 Å². The van der Waals surface area contributed by atoms with Gasteiger partial charge in [-0.2, -0.15) is 16.9 Å². The Morgan fingerprint density at radius 2 is 2.30 bits per heavy atom. The van der Waals surface area contributed by atoms with Crippen molar-refractivity contribution in [1.82, 2.24) is 15.1 Å². The highest BCUT2D eigenvalue weighted by Gasteiger charge is 2.36. The number of aromatic nitrogens is 2. The average molecular weight is 298 g/mol. The molecule has 0 aromatic carbocycles. The molecule has 3 N–H and O–H groups in total. The van der Waals surface area contributed by atoms with Crippen LogP contribution in [-0.2, 0) is 11.3 Å². The van der Waals surface area contributed by atoms with Crippen LogP contribution in [0.4, 0.5) is 10.5 Å². The van der Waals surface area contributed by atoms with Crippen molar-refractivity contribution in [3.8, 4) is 0 Å². The van der Waals surface area contributed by atoms with Crippen LogP contribution in [0.15, 0.2) is 12.4 Å². The summed E-state index contributed by atoms with van der Waals surface area (Å²) in [5.41, 5.74) is 0.482. The number of amides is 2. The maximum Gasteiger partial charge on any atom is 0.325 e. The first-order valence-electron chi connectivity index (χ1n) is 6.37. The molecule has 0 aliphatic heterocycles. The molecule has 2 rings (SSSR count). The lowest BCUT2D eigenvalue weighted by molar-refractivity contribution is -0.137. The third-order valence-corrected chi connectivity index (χ3v) is 4.88. The number of hydrogen-bond donors (Lipinski definition) is 3. The number of anilines is 1. The van der Waals surface area contributed by atoms with Crippen molar-refractivity contribution in [2.75, 3.05) is 18.1 Å². The minimum Gasteiger partial charge on any atom is -0.480 e.